The molecule has 0 saturated carbocycles. The van der Waals surface area contributed by atoms with Crippen molar-refractivity contribution in [2.24, 2.45) is 0 Å². The normalized spacial score (nSPS) is 11.8. The Bertz CT molecular complexity index is 2910. The van der Waals surface area contributed by atoms with Crippen LogP contribution in [0.3, 0.4) is 0 Å². The summed E-state index contributed by atoms with van der Waals surface area (Å²) >= 11 is 0. The maximum Gasteiger partial charge on any atom is 0.0649 e. The number of allylic oxidation sites excluding steroid dienone is 5. The van der Waals surface area contributed by atoms with E-state index in [1.807, 2.05) is 43.4 Å². The first-order valence-electron chi connectivity index (χ1n) is 19.2. The minimum absolute atomic E-state index is 0.799. The van der Waals surface area contributed by atoms with Gasteiger partial charge in [-0.15, -0.1) is 0 Å². The van der Waals surface area contributed by atoms with Gasteiger partial charge in [-0.25, -0.2) is 0 Å². The molecule has 2 heterocycles. The zero-order chi connectivity index (χ0) is 38.7. The molecule has 0 radical (unpaired) electrons. The highest BCUT2D eigenvalue weighted by Gasteiger charge is 2.19. The minimum atomic E-state index is 0.799. The van der Waals surface area contributed by atoms with Crippen molar-refractivity contribution in [1.82, 2.24) is 9.13 Å². The van der Waals surface area contributed by atoms with Gasteiger partial charge in [0.15, 0.2) is 0 Å². The first kappa shape index (κ1) is 35.1. The smallest absolute Gasteiger partial charge is 0.0649 e. The van der Waals surface area contributed by atoms with Gasteiger partial charge in [0.2, 0.25) is 0 Å². The van der Waals surface area contributed by atoms with E-state index in [1.165, 1.54) is 17.1 Å². The minimum Gasteiger partial charge on any atom is -0.355 e. The molecule has 2 aromatic heterocycles. The molecular formula is C52H41N5. The van der Waals surface area contributed by atoms with Crippen molar-refractivity contribution in [3.05, 3.63) is 213 Å². The van der Waals surface area contributed by atoms with Crippen molar-refractivity contribution in [3.8, 4) is 16.8 Å². The summed E-state index contributed by atoms with van der Waals surface area (Å²) in [6.45, 7) is 6.06. The highest BCUT2D eigenvalue weighted by Crippen LogP contribution is 2.40. The molecule has 0 bridgehead atoms. The number of nitrogens with zero attached hydrogens (tertiary/aromatic N) is 3. The molecule has 0 aliphatic carbocycles. The van der Waals surface area contributed by atoms with E-state index in [-0.39, 0.29) is 0 Å². The van der Waals surface area contributed by atoms with Crippen LogP contribution in [-0.2, 0) is 0 Å². The van der Waals surface area contributed by atoms with Gasteiger partial charge in [-0.05, 0) is 127 Å². The molecule has 7 aromatic carbocycles. The topological polar surface area (TPSA) is 49.0 Å². The number of nitrogens with one attached hydrogen (secondary N) is 2. The van der Waals surface area contributed by atoms with Crippen LogP contribution in [-0.4, -0.2) is 15.3 Å². The summed E-state index contributed by atoms with van der Waals surface area (Å²) in [5, 5.41) is 15.8. The summed E-state index contributed by atoms with van der Waals surface area (Å²) in [5.41, 5.74) is 13.4. The molecule has 0 atom stereocenters. The van der Waals surface area contributed by atoms with E-state index in [0.29, 0.717) is 0 Å². The number of anilines is 5. The molecule has 0 fully saturated rings. The number of hydrogen-bond donors (Lipinski definition) is 2. The van der Waals surface area contributed by atoms with Gasteiger partial charge in [0.25, 0.3) is 0 Å². The largest absolute Gasteiger partial charge is 0.355 e. The second-order valence-corrected chi connectivity index (χ2v) is 13.9. The van der Waals surface area contributed by atoms with E-state index < -0.39 is 0 Å². The second kappa shape index (κ2) is 15.2. The molecule has 9 aromatic rings. The fraction of sp³-hybridized carbons (Fsp3) is 0.0192. The molecule has 274 valence electrons. The van der Waals surface area contributed by atoms with Crippen LogP contribution >= 0.6 is 0 Å². The first-order valence-corrected chi connectivity index (χ1v) is 19.2. The molecule has 5 heteroatoms. The highest BCUT2D eigenvalue weighted by molar-refractivity contribution is 6.18. The molecule has 5 nitrogen and oxygen atoms in total. The molecule has 9 rings (SSSR count). The van der Waals surface area contributed by atoms with Gasteiger partial charge in [0.1, 0.15) is 0 Å². The summed E-state index contributed by atoms with van der Waals surface area (Å²) in [5.74, 6) is 0. The van der Waals surface area contributed by atoms with Crippen LogP contribution in [0.2, 0.25) is 0 Å². The summed E-state index contributed by atoms with van der Waals surface area (Å²) in [7, 11) is 0. The van der Waals surface area contributed by atoms with Crippen LogP contribution in [0, 0.1) is 5.41 Å². The predicted octanol–water partition coefficient (Wildman–Crippen LogP) is 14.2. The Hall–Kier alpha value is -7.63. The number of para-hydroxylation sites is 3. The summed E-state index contributed by atoms with van der Waals surface area (Å²) < 4.78 is 4.49. The van der Waals surface area contributed by atoms with Crippen LogP contribution in [0.15, 0.2) is 207 Å². The lowest BCUT2D eigenvalue weighted by atomic mass is 10.0. The van der Waals surface area contributed by atoms with Gasteiger partial charge in [0, 0.05) is 74.0 Å². The van der Waals surface area contributed by atoms with Gasteiger partial charge < -0.3 is 24.8 Å². The van der Waals surface area contributed by atoms with Crippen molar-refractivity contribution in [2.45, 2.75) is 6.92 Å². The Balaban J connectivity index is 1.13. The molecule has 0 spiro atoms. The summed E-state index contributed by atoms with van der Waals surface area (Å²) in [6, 6.07) is 59.6. The Kier molecular flexibility index (Phi) is 9.39. The van der Waals surface area contributed by atoms with Crippen molar-refractivity contribution in [3.63, 3.8) is 0 Å². The Morgan fingerprint density at radius 3 is 1.93 bits per heavy atom. The second-order valence-electron chi connectivity index (χ2n) is 13.9. The molecular weight excluding hydrogens is 695 g/mol. The Morgan fingerprint density at radius 2 is 1.28 bits per heavy atom. The van der Waals surface area contributed by atoms with Gasteiger partial charge >= 0.3 is 0 Å². The van der Waals surface area contributed by atoms with Crippen LogP contribution in [0.25, 0.3) is 55.2 Å². The van der Waals surface area contributed by atoms with E-state index in [9.17, 15) is 0 Å². The average Bonchev–Trinajstić information content (AvgIpc) is 3.84. The van der Waals surface area contributed by atoms with E-state index in [4.69, 9.17) is 5.41 Å². The summed E-state index contributed by atoms with van der Waals surface area (Å²) in [4.78, 5) is 2.25. The van der Waals surface area contributed by atoms with E-state index in [1.54, 1.807) is 0 Å². The third kappa shape index (κ3) is 6.51. The highest BCUT2D eigenvalue weighted by atomic mass is 15.1. The van der Waals surface area contributed by atoms with Gasteiger partial charge in [0.05, 0.1) is 16.6 Å². The number of aromatic nitrogens is 2. The number of rotatable bonds is 11. The van der Waals surface area contributed by atoms with Crippen molar-refractivity contribution in [2.75, 3.05) is 10.2 Å². The molecule has 0 amide bonds. The molecule has 57 heavy (non-hydrogen) atoms. The molecule has 0 unspecified atom stereocenters. The third-order valence-electron chi connectivity index (χ3n) is 10.5. The zero-order valence-electron chi connectivity index (χ0n) is 31.7. The average molecular weight is 736 g/mol. The van der Waals surface area contributed by atoms with Gasteiger partial charge in [-0.1, -0.05) is 91.5 Å². The van der Waals surface area contributed by atoms with Crippen molar-refractivity contribution < 1.29 is 0 Å². The third-order valence-corrected chi connectivity index (χ3v) is 10.5. The zero-order valence-corrected chi connectivity index (χ0v) is 31.7. The molecule has 2 N–H and O–H groups in total. The number of benzene rings is 7. The maximum absolute atomic E-state index is 8.80. The fourth-order valence-electron chi connectivity index (χ4n) is 7.92. The molecule has 0 saturated heterocycles. The van der Waals surface area contributed by atoms with Gasteiger partial charge in [-0.2, -0.15) is 0 Å². The van der Waals surface area contributed by atoms with E-state index >= 15 is 0 Å². The van der Waals surface area contributed by atoms with Crippen molar-refractivity contribution >= 4 is 73.1 Å². The van der Waals surface area contributed by atoms with Crippen LogP contribution in [0.1, 0.15) is 12.5 Å². The van der Waals surface area contributed by atoms with Crippen LogP contribution in [0.5, 0.6) is 0 Å². The standard InChI is InChI=1S/C52H41N5/c1-3-14-42(15-4-2)57-51-31-23-38(37-22-30-50-39(34-37)32-33-55(50)41-16-8-5-9-17-41)35-47(51)46-28-29-49(48(36-53)52(46)57)54-40-24-26-45(27-25-40)56(43-18-10-6-11-19-43)44-20-12-7-13-21-44/h3-36,53-54H,1H2,2H3/b15-4-,42-14+,53-36?. The maximum atomic E-state index is 8.80. The SMILES string of the molecule is C=C/C=C(\C=C/C)n1c2ccc(-c3ccc4c(ccn4-c4ccccc4)c3)cc2c2ccc(Nc3ccc(N(c4ccccc4)c4ccccc4)cc3)c(C=N)c21. The number of fused-ring (bicyclic) bond motifs is 4. The fourth-order valence-corrected chi connectivity index (χ4v) is 7.92. The van der Waals surface area contributed by atoms with Gasteiger partial charge in [-0.3, -0.25) is 0 Å². The predicted molar refractivity (Wildman–Crippen MR) is 243 cm³/mol. The van der Waals surface area contributed by atoms with E-state index in [0.717, 1.165) is 78.3 Å². The lowest BCUT2D eigenvalue weighted by Gasteiger charge is -2.25. The quantitative estimate of drug-likeness (QED) is 0.103. The number of hydrogen-bond acceptors (Lipinski definition) is 3. The molecule has 0 aliphatic heterocycles. The molecule has 0 aliphatic rings. The monoisotopic (exact) mass is 735 g/mol. The van der Waals surface area contributed by atoms with Crippen LogP contribution in [0.4, 0.5) is 28.4 Å². The summed E-state index contributed by atoms with van der Waals surface area (Å²) in [6.07, 6.45) is 11.6. The lowest BCUT2D eigenvalue weighted by Crippen LogP contribution is -2.09. The Labute approximate surface area is 332 Å². The Morgan fingerprint density at radius 1 is 0.649 bits per heavy atom. The van der Waals surface area contributed by atoms with E-state index in [2.05, 4.69) is 190 Å². The lowest BCUT2D eigenvalue weighted by molar-refractivity contribution is 1.13. The first-order chi connectivity index (χ1) is 28.1. The van der Waals surface area contributed by atoms with Crippen LogP contribution < -0.4 is 10.2 Å². The van der Waals surface area contributed by atoms with Crippen molar-refractivity contribution in [1.29, 1.82) is 5.41 Å².